The third kappa shape index (κ3) is 4.04. The molecule has 0 saturated carbocycles. The van der Waals surface area contributed by atoms with E-state index in [1.54, 1.807) is 24.3 Å². The Morgan fingerprint density at radius 2 is 2.08 bits per heavy atom. The molecular weight excluding hydrogens is 326 g/mol. The fraction of sp³-hybridized carbons (Fsp3) is 0.412. The summed E-state index contributed by atoms with van der Waals surface area (Å²) in [6.45, 7) is 5.73. The number of furan rings is 1. The number of piperazine rings is 1. The van der Waals surface area contributed by atoms with Crippen molar-refractivity contribution in [3.63, 3.8) is 0 Å². The van der Waals surface area contributed by atoms with Crippen LogP contribution in [0.15, 0.2) is 39.8 Å². The first kappa shape index (κ1) is 16.7. The zero-order valence-corrected chi connectivity index (χ0v) is 14.4. The van der Waals surface area contributed by atoms with Gasteiger partial charge in [0.2, 0.25) is 5.91 Å². The first-order valence-electron chi connectivity index (χ1n) is 7.99. The lowest BCUT2D eigenvalue weighted by Gasteiger charge is -2.35. The molecular formula is C17H21N3O3S. The largest absolute Gasteiger partial charge is 0.472 e. The molecule has 2 amide bonds. The lowest BCUT2D eigenvalue weighted by Crippen LogP contribution is -2.53. The summed E-state index contributed by atoms with van der Waals surface area (Å²) >= 11 is 1.70. The predicted molar refractivity (Wildman–Crippen MR) is 91.8 cm³/mol. The van der Waals surface area contributed by atoms with E-state index in [1.807, 2.05) is 4.90 Å². The maximum absolute atomic E-state index is 12.5. The van der Waals surface area contributed by atoms with E-state index in [4.69, 9.17) is 4.42 Å². The molecule has 0 bridgehead atoms. The van der Waals surface area contributed by atoms with E-state index in [2.05, 4.69) is 27.0 Å². The Hall–Kier alpha value is -2.12. The molecule has 1 atom stereocenters. The summed E-state index contributed by atoms with van der Waals surface area (Å²) in [4.78, 5) is 28.7. The zero-order chi connectivity index (χ0) is 16.9. The van der Waals surface area contributed by atoms with Gasteiger partial charge < -0.3 is 14.6 Å². The van der Waals surface area contributed by atoms with E-state index < -0.39 is 6.04 Å². The highest BCUT2D eigenvalue weighted by Crippen LogP contribution is 2.12. The molecule has 0 radical (unpaired) electrons. The van der Waals surface area contributed by atoms with Crippen LogP contribution < -0.4 is 5.32 Å². The third-order valence-electron chi connectivity index (χ3n) is 4.17. The Labute approximate surface area is 145 Å². The van der Waals surface area contributed by atoms with Crippen molar-refractivity contribution < 1.29 is 14.0 Å². The third-order valence-corrected chi connectivity index (χ3v) is 4.90. The number of rotatable bonds is 5. The Bertz CT molecular complexity index is 661. The number of hydrogen-bond donors (Lipinski definition) is 1. The van der Waals surface area contributed by atoms with Gasteiger partial charge in [0.25, 0.3) is 5.91 Å². The number of hydrogen-bond acceptors (Lipinski definition) is 5. The molecule has 0 aromatic carbocycles. The second kappa shape index (κ2) is 7.63. The van der Waals surface area contributed by atoms with Gasteiger partial charge in [0.1, 0.15) is 12.3 Å². The zero-order valence-electron chi connectivity index (χ0n) is 13.6. The molecule has 24 heavy (non-hydrogen) atoms. The fourth-order valence-corrected chi connectivity index (χ4v) is 3.44. The minimum atomic E-state index is -0.546. The molecule has 3 rings (SSSR count). The number of carbonyl (C=O) groups excluding carboxylic acids is 2. The van der Waals surface area contributed by atoms with E-state index >= 15 is 0 Å². The summed E-state index contributed by atoms with van der Waals surface area (Å²) in [5, 5.41) is 6.97. The van der Waals surface area contributed by atoms with Crippen molar-refractivity contribution in [3.8, 4) is 0 Å². The topological polar surface area (TPSA) is 65.8 Å². The minimum absolute atomic E-state index is 0.0398. The Kier molecular flexibility index (Phi) is 5.32. The molecule has 1 fully saturated rings. The fourth-order valence-electron chi connectivity index (χ4n) is 2.78. The monoisotopic (exact) mass is 347 g/mol. The van der Waals surface area contributed by atoms with Crippen LogP contribution in [0.2, 0.25) is 0 Å². The normalized spacial score (nSPS) is 16.8. The van der Waals surface area contributed by atoms with Gasteiger partial charge in [-0.05, 0) is 35.4 Å². The van der Waals surface area contributed by atoms with Gasteiger partial charge in [0.15, 0.2) is 0 Å². The van der Waals surface area contributed by atoms with E-state index in [0.29, 0.717) is 18.7 Å². The van der Waals surface area contributed by atoms with Gasteiger partial charge in [-0.3, -0.25) is 14.5 Å². The maximum Gasteiger partial charge on any atom is 0.255 e. The van der Waals surface area contributed by atoms with Crippen molar-refractivity contribution in [2.45, 2.75) is 19.5 Å². The number of thiophene rings is 1. The van der Waals surface area contributed by atoms with Crippen LogP contribution in [0.5, 0.6) is 0 Å². The van der Waals surface area contributed by atoms with Gasteiger partial charge in [-0.1, -0.05) is 0 Å². The standard InChI is InChI=1S/C17H21N3O3S/c1-13(18-16(21)15-2-8-23-11-15)17(22)20-6-4-19(5-7-20)10-14-3-9-24-12-14/h2-3,8-9,11-13H,4-7,10H2,1H3,(H,18,21)/t13-/m1/s1. The highest BCUT2D eigenvalue weighted by molar-refractivity contribution is 7.07. The SMILES string of the molecule is C[C@@H](NC(=O)c1ccoc1)C(=O)N1CCN(Cc2ccsc2)CC1. The van der Waals surface area contributed by atoms with Crippen molar-refractivity contribution in [2.75, 3.05) is 26.2 Å². The number of nitrogens with zero attached hydrogens (tertiary/aromatic N) is 2. The number of amides is 2. The lowest BCUT2D eigenvalue weighted by atomic mass is 10.2. The van der Waals surface area contributed by atoms with E-state index in [1.165, 1.54) is 18.1 Å². The average molecular weight is 347 g/mol. The van der Waals surface area contributed by atoms with Gasteiger partial charge in [-0.2, -0.15) is 11.3 Å². The summed E-state index contributed by atoms with van der Waals surface area (Å²) in [6.07, 6.45) is 2.81. The molecule has 1 N–H and O–H groups in total. The maximum atomic E-state index is 12.5. The molecule has 0 unspecified atom stereocenters. The van der Waals surface area contributed by atoms with Gasteiger partial charge >= 0.3 is 0 Å². The van der Waals surface area contributed by atoms with Crippen LogP contribution in [-0.2, 0) is 11.3 Å². The van der Waals surface area contributed by atoms with E-state index in [-0.39, 0.29) is 11.8 Å². The number of carbonyl (C=O) groups is 2. The van der Waals surface area contributed by atoms with Crippen molar-refractivity contribution in [1.29, 1.82) is 0 Å². The molecule has 3 heterocycles. The smallest absolute Gasteiger partial charge is 0.255 e. The van der Waals surface area contributed by atoms with Gasteiger partial charge in [-0.25, -0.2) is 0 Å². The summed E-state index contributed by atoms with van der Waals surface area (Å²) in [6, 6.07) is 3.17. The molecule has 128 valence electrons. The van der Waals surface area contributed by atoms with E-state index in [0.717, 1.165) is 19.6 Å². The van der Waals surface area contributed by atoms with Crippen LogP contribution in [0.25, 0.3) is 0 Å². The first-order chi connectivity index (χ1) is 11.6. The molecule has 1 saturated heterocycles. The molecule has 2 aromatic heterocycles. The van der Waals surface area contributed by atoms with Crippen LogP contribution in [-0.4, -0.2) is 53.8 Å². The van der Waals surface area contributed by atoms with Crippen molar-refractivity contribution in [1.82, 2.24) is 15.1 Å². The van der Waals surface area contributed by atoms with Crippen LogP contribution >= 0.6 is 11.3 Å². The number of nitrogens with one attached hydrogen (secondary N) is 1. The highest BCUT2D eigenvalue weighted by Gasteiger charge is 2.26. The van der Waals surface area contributed by atoms with Crippen molar-refractivity contribution in [3.05, 3.63) is 46.5 Å². The second-order valence-corrected chi connectivity index (χ2v) is 6.72. The Morgan fingerprint density at radius 1 is 1.29 bits per heavy atom. The van der Waals surface area contributed by atoms with Crippen molar-refractivity contribution in [2.24, 2.45) is 0 Å². The molecule has 1 aliphatic rings. The summed E-state index contributed by atoms with van der Waals surface area (Å²) < 4.78 is 4.89. The molecule has 0 aliphatic carbocycles. The van der Waals surface area contributed by atoms with Crippen molar-refractivity contribution >= 4 is 23.2 Å². The van der Waals surface area contributed by atoms with E-state index in [9.17, 15) is 9.59 Å². The molecule has 2 aromatic rings. The Balaban J connectivity index is 1.46. The predicted octanol–water partition coefficient (Wildman–Crippen LogP) is 1.80. The van der Waals surface area contributed by atoms with Gasteiger partial charge in [0, 0.05) is 32.7 Å². The molecule has 0 spiro atoms. The molecule has 6 nitrogen and oxygen atoms in total. The first-order valence-corrected chi connectivity index (χ1v) is 8.93. The van der Waals surface area contributed by atoms with Gasteiger partial charge in [0.05, 0.1) is 11.8 Å². The highest BCUT2D eigenvalue weighted by atomic mass is 32.1. The van der Waals surface area contributed by atoms with Gasteiger partial charge in [-0.15, -0.1) is 0 Å². The van der Waals surface area contributed by atoms with Crippen LogP contribution in [0.1, 0.15) is 22.8 Å². The second-order valence-electron chi connectivity index (χ2n) is 5.94. The average Bonchev–Trinajstić information content (AvgIpc) is 3.28. The van der Waals surface area contributed by atoms with Crippen LogP contribution in [0, 0.1) is 0 Å². The minimum Gasteiger partial charge on any atom is -0.472 e. The summed E-state index contributed by atoms with van der Waals surface area (Å²) in [5.41, 5.74) is 1.75. The molecule has 1 aliphatic heterocycles. The lowest BCUT2D eigenvalue weighted by molar-refractivity contribution is -0.134. The summed E-state index contributed by atoms with van der Waals surface area (Å²) in [7, 11) is 0. The molecule has 7 heteroatoms. The quantitative estimate of drug-likeness (QED) is 0.896. The van der Waals surface area contributed by atoms with Crippen LogP contribution in [0.3, 0.4) is 0 Å². The van der Waals surface area contributed by atoms with Crippen LogP contribution in [0.4, 0.5) is 0 Å². The summed E-state index contributed by atoms with van der Waals surface area (Å²) in [5.74, 6) is -0.331. The Morgan fingerprint density at radius 3 is 2.71 bits per heavy atom.